The minimum absolute atomic E-state index is 0.118. The summed E-state index contributed by atoms with van der Waals surface area (Å²) in [5, 5.41) is 19.8. The van der Waals surface area contributed by atoms with Gasteiger partial charge in [0.15, 0.2) is 0 Å². The fraction of sp³-hybridized carbons (Fsp3) is 0.889. The van der Waals surface area contributed by atoms with E-state index in [1.807, 2.05) is 0 Å². The van der Waals surface area contributed by atoms with Crippen molar-refractivity contribution in [1.82, 2.24) is 0 Å². The van der Waals surface area contributed by atoms with Gasteiger partial charge in [0.1, 0.15) is 0 Å². The van der Waals surface area contributed by atoms with Crippen molar-refractivity contribution in [3.63, 3.8) is 0 Å². The highest BCUT2D eigenvalue weighted by Gasteiger charge is 2.56. The molecule has 0 saturated heterocycles. The third-order valence-electron chi connectivity index (χ3n) is 3.83. The molecule has 0 heterocycles. The summed E-state index contributed by atoms with van der Waals surface area (Å²) in [4.78, 5) is 10.7. The maximum absolute atomic E-state index is 10.8. The summed E-state index contributed by atoms with van der Waals surface area (Å²) in [6.45, 7) is 0. The molecule has 3 rings (SSSR count). The minimum atomic E-state index is -0.668. The molecular formula is C9H12N2O2. The van der Waals surface area contributed by atoms with Crippen molar-refractivity contribution in [1.29, 1.82) is 5.26 Å². The van der Waals surface area contributed by atoms with Gasteiger partial charge in [-0.1, -0.05) is 0 Å². The quantitative estimate of drug-likeness (QED) is 0.457. The van der Waals surface area contributed by atoms with Crippen LogP contribution in [0.2, 0.25) is 0 Å². The number of nitro groups is 1. The van der Waals surface area contributed by atoms with Gasteiger partial charge in [0.25, 0.3) is 0 Å². The fourth-order valence-corrected chi connectivity index (χ4v) is 2.61. The molecule has 0 spiro atoms. The fourth-order valence-electron chi connectivity index (χ4n) is 2.61. The largest absolute Gasteiger partial charge is 0.264 e. The molecule has 0 radical (unpaired) electrons. The van der Waals surface area contributed by atoms with Gasteiger partial charge >= 0.3 is 0 Å². The molecular weight excluding hydrogens is 168 g/mol. The molecule has 2 bridgehead atoms. The van der Waals surface area contributed by atoms with E-state index in [1.54, 1.807) is 0 Å². The van der Waals surface area contributed by atoms with Gasteiger partial charge in [-0.25, -0.2) is 0 Å². The second kappa shape index (κ2) is 2.44. The van der Waals surface area contributed by atoms with Gasteiger partial charge in [-0.15, -0.1) is 0 Å². The van der Waals surface area contributed by atoms with E-state index in [2.05, 4.69) is 6.07 Å². The number of hydrogen-bond acceptors (Lipinski definition) is 3. The predicted octanol–water partition coefficient (Wildman–Crippen LogP) is 1.88. The van der Waals surface area contributed by atoms with Crippen molar-refractivity contribution in [2.75, 3.05) is 0 Å². The molecule has 3 fully saturated rings. The summed E-state index contributed by atoms with van der Waals surface area (Å²) in [7, 11) is 0. The topological polar surface area (TPSA) is 66.9 Å². The van der Waals surface area contributed by atoms with Crippen molar-refractivity contribution in [2.24, 2.45) is 5.41 Å². The van der Waals surface area contributed by atoms with Crippen molar-refractivity contribution < 1.29 is 4.92 Å². The molecule has 3 aliphatic rings. The molecule has 3 aliphatic carbocycles. The molecule has 13 heavy (non-hydrogen) atoms. The zero-order valence-corrected chi connectivity index (χ0v) is 7.45. The second-order valence-electron chi connectivity index (χ2n) is 4.37. The molecule has 0 aromatic carbocycles. The molecule has 0 amide bonds. The van der Waals surface area contributed by atoms with Crippen LogP contribution >= 0.6 is 0 Å². The molecule has 70 valence electrons. The van der Waals surface area contributed by atoms with E-state index >= 15 is 0 Å². The Balaban J connectivity index is 2.22. The average Bonchev–Trinajstić information content (AvgIpc) is 2.20. The summed E-state index contributed by atoms with van der Waals surface area (Å²) in [6, 6.07) is 2.34. The number of fused-ring (bicyclic) bond motifs is 3. The van der Waals surface area contributed by atoms with Crippen LogP contribution in [0.1, 0.15) is 38.5 Å². The van der Waals surface area contributed by atoms with Crippen LogP contribution in [0.4, 0.5) is 0 Å². The zero-order valence-electron chi connectivity index (χ0n) is 7.45. The smallest absolute Gasteiger partial charge is 0.222 e. The van der Waals surface area contributed by atoms with E-state index in [0.717, 1.165) is 19.3 Å². The molecule has 4 heteroatoms. The number of hydrogen-bond donors (Lipinski definition) is 0. The highest BCUT2D eigenvalue weighted by Crippen LogP contribution is 2.53. The van der Waals surface area contributed by atoms with Crippen LogP contribution in [0, 0.1) is 26.9 Å². The first-order valence-corrected chi connectivity index (χ1v) is 4.68. The van der Waals surface area contributed by atoms with Gasteiger partial charge in [0, 0.05) is 24.2 Å². The molecule has 0 aromatic heterocycles. The summed E-state index contributed by atoms with van der Waals surface area (Å²) in [5.74, 6) is 0. The zero-order chi connectivity index (χ0) is 9.53. The lowest BCUT2D eigenvalue weighted by atomic mass is 9.58. The molecule has 0 unspecified atom stereocenters. The lowest BCUT2D eigenvalue weighted by Crippen LogP contribution is -2.50. The Morgan fingerprint density at radius 1 is 1.15 bits per heavy atom. The van der Waals surface area contributed by atoms with Gasteiger partial charge in [-0.3, -0.25) is 10.1 Å². The second-order valence-corrected chi connectivity index (χ2v) is 4.37. The van der Waals surface area contributed by atoms with Crippen molar-refractivity contribution in [2.45, 2.75) is 44.1 Å². The van der Waals surface area contributed by atoms with E-state index in [-0.39, 0.29) is 10.3 Å². The predicted molar refractivity (Wildman–Crippen MR) is 45.5 cm³/mol. The number of rotatable bonds is 1. The maximum Gasteiger partial charge on any atom is 0.222 e. The van der Waals surface area contributed by atoms with Crippen LogP contribution in [0.3, 0.4) is 0 Å². The molecule has 0 atom stereocenters. The third kappa shape index (κ3) is 1.03. The summed E-state index contributed by atoms with van der Waals surface area (Å²) >= 11 is 0. The van der Waals surface area contributed by atoms with Crippen LogP contribution in [-0.2, 0) is 0 Å². The van der Waals surface area contributed by atoms with Crippen molar-refractivity contribution >= 4 is 0 Å². The molecule has 0 N–H and O–H groups in total. The van der Waals surface area contributed by atoms with Crippen LogP contribution < -0.4 is 0 Å². The minimum Gasteiger partial charge on any atom is -0.264 e. The Labute approximate surface area is 76.7 Å². The van der Waals surface area contributed by atoms with E-state index in [0.29, 0.717) is 19.3 Å². The van der Waals surface area contributed by atoms with Gasteiger partial charge in [0.05, 0.1) is 11.5 Å². The first kappa shape index (κ1) is 8.49. The molecule has 3 saturated carbocycles. The molecule has 4 nitrogen and oxygen atoms in total. The SMILES string of the molecule is N#CC12CCC([N+](=O)[O-])(CC1)CC2. The Kier molecular flexibility index (Phi) is 1.59. The lowest BCUT2D eigenvalue weighted by Gasteiger charge is -2.44. The number of nitrogens with zero attached hydrogens (tertiary/aromatic N) is 2. The van der Waals surface area contributed by atoms with Gasteiger partial charge < -0.3 is 0 Å². The third-order valence-corrected chi connectivity index (χ3v) is 3.83. The van der Waals surface area contributed by atoms with Gasteiger partial charge in [0.2, 0.25) is 5.54 Å². The summed E-state index contributed by atoms with van der Waals surface area (Å²) in [5.41, 5.74) is -0.879. The van der Waals surface area contributed by atoms with Crippen molar-refractivity contribution in [3.05, 3.63) is 10.1 Å². The molecule has 0 aromatic rings. The normalized spacial score (nSPS) is 42.7. The maximum atomic E-state index is 10.8. The highest BCUT2D eigenvalue weighted by atomic mass is 16.6. The van der Waals surface area contributed by atoms with Crippen LogP contribution in [0.5, 0.6) is 0 Å². The number of nitriles is 1. The summed E-state index contributed by atoms with van der Waals surface area (Å²) in [6.07, 6.45) is 3.99. The summed E-state index contributed by atoms with van der Waals surface area (Å²) < 4.78 is 0. The Morgan fingerprint density at radius 2 is 1.62 bits per heavy atom. The van der Waals surface area contributed by atoms with Gasteiger partial charge in [-0.2, -0.15) is 5.26 Å². The van der Waals surface area contributed by atoms with E-state index in [1.165, 1.54) is 0 Å². The van der Waals surface area contributed by atoms with E-state index in [4.69, 9.17) is 5.26 Å². The Hall–Kier alpha value is -1.11. The van der Waals surface area contributed by atoms with Crippen molar-refractivity contribution in [3.8, 4) is 6.07 Å². The van der Waals surface area contributed by atoms with Gasteiger partial charge in [-0.05, 0) is 19.3 Å². The lowest BCUT2D eigenvalue weighted by molar-refractivity contribution is -0.582. The molecule has 0 aliphatic heterocycles. The first-order chi connectivity index (χ1) is 6.13. The first-order valence-electron chi connectivity index (χ1n) is 4.68. The average molecular weight is 180 g/mol. The van der Waals surface area contributed by atoms with Crippen LogP contribution in [0.25, 0.3) is 0 Å². The Bertz CT molecular complexity index is 268. The van der Waals surface area contributed by atoms with E-state index in [9.17, 15) is 10.1 Å². The highest BCUT2D eigenvalue weighted by molar-refractivity contribution is 5.09. The Morgan fingerprint density at radius 3 is 1.92 bits per heavy atom. The van der Waals surface area contributed by atoms with Crippen LogP contribution in [-0.4, -0.2) is 10.5 Å². The monoisotopic (exact) mass is 180 g/mol. The van der Waals surface area contributed by atoms with E-state index < -0.39 is 5.54 Å². The van der Waals surface area contributed by atoms with Crippen LogP contribution in [0.15, 0.2) is 0 Å². The standard InChI is InChI=1S/C9H12N2O2/c10-7-8-1-4-9(5-2-8,6-3-8)11(12)13/h1-6H2.